The topological polar surface area (TPSA) is 49.4 Å². The van der Waals surface area contributed by atoms with Crippen molar-refractivity contribution in [2.45, 2.75) is 75.4 Å². The minimum Gasteiger partial charge on any atom is -0.352 e. The minimum absolute atomic E-state index is 0.0691. The van der Waals surface area contributed by atoms with Gasteiger partial charge in [0.05, 0.1) is 0 Å². The predicted molar refractivity (Wildman–Crippen MR) is 162 cm³/mol. The maximum absolute atomic E-state index is 13.9. The standard InChI is InChI=1S/C32H36Cl2N2O2S/c1-23-12-16-28(17-13-23)39-19-18-31(37)36(22-25-14-15-26(33)21-29(25)34)30(20-24-8-4-2-5-9-24)32(38)35-27-10-6-3-7-11-27/h2,4-5,8-9,12-17,21,27,30H,3,6-7,10-11,18-20,22H2,1H3,(H,35,38)/t30-/m1/s1. The number of nitrogens with zero attached hydrogens (tertiary/aromatic N) is 1. The van der Waals surface area contributed by atoms with Crippen LogP contribution in [0.15, 0.2) is 77.7 Å². The first-order valence-corrected chi connectivity index (χ1v) is 15.4. The molecule has 0 aliphatic heterocycles. The Morgan fingerprint density at radius 1 is 0.974 bits per heavy atom. The maximum atomic E-state index is 13.9. The van der Waals surface area contributed by atoms with Crippen LogP contribution in [0.1, 0.15) is 55.2 Å². The van der Waals surface area contributed by atoms with Crippen molar-refractivity contribution in [3.63, 3.8) is 0 Å². The van der Waals surface area contributed by atoms with E-state index in [4.69, 9.17) is 23.2 Å². The van der Waals surface area contributed by atoms with E-state index in [1.54, 1.807) is 28.8 Å². The summed E-state index contributed by atoms with van der Waals surface area (Å²) in [5.41, 5.74) is 2.98. The number of rotatable bonds is 11. The highest BCUT2D eigenvalue weighted by Crippen LogP contribution is 2.26. The van der Waals surface area contributed by atoms with E-state index in [0.29, 0.717) is 28.6 Å². The Balaban J connectivity index is 1.58. The van der Waals surface area contributed by atoms with Crippen LogP contribution in [-0.4, -0.2) is 34.6 Å². The third kappa shape index (κ3) is 9.02. The number of benzene rings is 3. The zero-order valence-corrected chi connectivity index (χ0v) is 24.7. The van der Waals surface area contributed by atoms with Crippen LogP contribution in [0, 0.1) is 6.92 Å². The maximum Gasteiger partial charge on any atom is 0.243 e. The van der Waals surface area contributed by atoms with Crippen molar-refractivity contribution >= 4 is 46.8 Å². The number of carbonyl (C=O) groups is 2. The lowest BCUT2D eigenvalue weighted by Crippen LogP contribution is -2.53. The monoisotopic (exact) mass is 582 g/mol. The van der Waals surface area contributed by atoms with Gasteiger partial charge in [0, 0.05) is 46.1 Å². The third-order valence-electron chi connectivity index (χ3n) is 7.18. The first-order chi connectivity index (χ1) is 18.9. The van der Waals surface area contributed by atoms with Gasteiger partial charge < -0.3 is 10.2 Å². The Morgan fingerprint density at radius 2 is 1.69 bits per heavy atom. The fourth-order valence-electron chi connectivity index (χ4n) is 4.97. The molecule has 4 nitrogen and oxygen atoms in total. The van der Waals surface area contributed by atoms with E-state index < -0.39 is 6.04 Å². The molecule has 1 saturated carbocycles. The molecule has 0 saturated heterocycles. The molecule has 39 heavy (non-hydrogen) atoms. The average molecular weight is 584 g/mol. The second-order valence-electron chi connectivity index (χ2n) is 10.2. The average Bonchev–Trinajstić information content (AvgIpc) is 2.94. The molecule has 7 heteroatoms. The van der Waals surface area contributed by atoms with Crippen LogP contribution in [0.2, 0.25) is 10.0 Å². The molecule has 2 amide bonds. The summed E-state index contributed by atoms with van der Waals surface area (Å²) in [4.78, 5) is 30.6. The second kappa shape index (κ2) is 14.8. The van der Waals surface area contributed by atoms with Gasteiger partial charge in [0.2, 0.25) is 11.8 Å². The molecule has 0 unspecified atom stereocenters. The van der Waals surface area contributed by atoms with Crippen LogP contribution >= 0.6 is 35.0 Å². The molecule has 1 fully saturated rings. The van der Waals surface area contributed by atoms with Gasteiger partial charge in [-0.25, -0.2) is 0 Å². The van der Waals surface area contributed by atoms with Gasteiger partial charge in [0.15, 0.2) is 0 Å². The summed E-state index contributed by atoms with van der Waals surface area (Å²) in [7, 11) is 0. The molecule has 3 aromatic rings. The summed E-state index contributed by atoms with van der Waals surface area (Å²) in [6.07, 6.45) is 6.15. The fourth-order valence-corrected chi connectivity index (χ4v) is 6.28. The first kappa shape index (κ1) is 29.5. The number of amides is 2. The van der Waals surface area contributed by atoms with E-state index >= 15 is 0 Å². The quantitative estimate of drug-likeness (QED) is 0.234. The molecule has 0 spiro atoms. The third-order valence-corrected chi connectivity index (χ3v) is 8.78. The van der Waals surface area contributed by atoms with Gasteiger partial charge in [-0.3, -0.25) is 9.59 Å². The summed E-state index contributed by atoms with van der Waals surface area (Å²) >= 11 is 14.3. The molecule has 0 heterocycles. The molecular weight excluding hydrogens is 547 g/mol. The van der Waals surface area contributed by atoms with Crippen molar-refractivity contribution in [2.75, 3.05) is 5.75 Å². The zero-order valence-electron chi connectivity index (χ0n) is 22.4. The predicted octanol–water partition coefficient (Wildman–Crippen LogP) is 7.87. The Hall–Kier alpha value is -2.47. The molecular formula is C32H36Cl2N2O2S. The molecule has 4 rings (SSSR count). The van der Waals surface area contributed by atoms with Crippen molar-refractivity contribution in [3.8, 4) is 0 Å². The molecule has 1 aliphatic carbocycles. The van der Waals surface area contributed by atoms with E-state index in [0.717, 1.165) is 41.7 Å². The highest BCUT2D eigenvalue weighted by atomic mass is 35.5. The smallest absolute Gasteiger partial charge is 0.243 e. The lowest BCUT2D eigenvalue weighted by molar-refractivity contribution is -0.141. The second-order valence-corrected chi connectivity index (χ2v) is 12.2. The van der Waals surface area contributed by atoms with E-state index in [1.165, 1.54) is 12.0 Å². The van der Waals surface area contributed by atoms with E-state index in [1.807, 2.05) is 36.4 Å². The molecule has 0 aromatic heterocycles. The molecule has 0 radical (unpaired) electrons. The summed E-state index contributed by atoms with van der Waals surface area (Å²) < 4.78 is 0. The Bertz CT molecular complexity index is 1230. The Labute approximate surface area is 246 Å². The number of thioether (sulfide) groups is 1. The van der Waals surface area contributed by atoms with Gasteiger partial charge >= 0.3 is 0 Å². The number of hydrogen-bond acceptors (Lipinski definition) is 3. The SMILES string of the molecule is Cc1ccc(SCCC(=O)N(Cc2ccc(Cl)cc2Cl)[C@H](Cc2ccccc2)C(=O)NC2CCCCC2)cc1. The van der Waals surface area contributed by atoms with Gasteiger partial charge in [0.1, 0.15) is 6.04 Å². The molecule has 1 atom stereocenters. The van der Waals surface area contributed by atoms with Crippen LogP contribution in [-0.2, 0) is 22.6 Å². The molecule has 1 aliphatic rings. The molecule has 206 valence electrons. The minimum atomic E-state index is -0.655. The van der Waals surface area contributed by atoms with Crippen molar-refractivity contribution in [3.05, 3.63) is 99.5 Å². The zero-order chi connectivity index (χ0) is 27.6. The highest BCUT2D eigenvalue weighted by Gasteiger charge is 2.32. The Kier molecular flexibility index (Phi) is 11.2. The van der Waals surface area contributed by atoms with Crippen LogP contribution < -0.4 is 5.32 Å². The lowest BCUT2D eigenvalue weighted by Gasteiger charge is -2.33. The summed E-state index contributed by atoms with van der Waals surface area (Å²) in [6.45, 7) is 2.29. The summed E-state index contributed by atoms with van der Waals surface area (Å²) in [5.74, 6) is 0.449. The lowest BCUT2D eigenvalue weighted by atomic mass is 9.94. The first-order valence-electron chi connectivity index (χ1n) is 13.7. The largest absolute Gasteiger partial charge is 0.352 e. The molecule has 3 aromatic carbocycles. The van der Waals surface area contributed by atoms with Crippen LogP contribution in [0.4, 0.5) is 0 Å². The van der Waals surface area contributed by atoms with Gasteiger partial charge in [-0.15, -0.1) is 11.8 Å². The number of carbonyl (C=O) groups excluding carboxylic acids is 2. The Morgan fingerprint density at radius 3 is 2.38 bits per heavy atom. The van der Waals surface area contributed by atoms with E-state index in [2.05, 4.69) is 36.5 Å². The number of halogens is 2. The van der Waals surface area contributed by atoms with Gasteiger partial charge in [-0.1, -0.05) is 96.6 Å². The molecule has 0 bridgehead atoms. The number of nitrogens with one attached hydrogen (secondary N) is 1. The normalized spacial score (nSPS) is 14.5. The summed E-state index contributed by atoms with van der Waals surface area (Å²) in [6, 6.07) is 23.0. The van der Waals surface area contributed by atoms with Gasteiger partial charge in [-0.2, -0.15) is 0 Å². The molecule has 1 N–H and O–H groups in total. The van der Waals surface area contributed by atoms with E-state index in [9.17, 15) is 9.59 Å². The summed E-state index contributed by atoms with van der Waals surface area (Å²) in [5, 5.41) is 4.30. The fraction of sp³-hybridized carbons (Fsp3) is 0.375. The number of aryl methyl sites for hydroxylation is 1. The van der Waals surface area contributed by atoms with Crippen molar-refractivity contribution in [2.24, 2.45) is 0 Å². The number of hydrogen-bond donors (Lipinski definition) is 1. The van der Waals surface area contributed by atoms with Crippen LogP contribution in [0.25, 0.3) is 0 Å². The van der Waals surface area contributed by atoms with Gasteiger partial charge in [0.25, 0.3) is 0 Å². The van der Waals surface area contributed by atoms with Crippen LogP contribution in [0.5, 0.6) is 0 Å². The van der Waals surface area contributed by atoms with Crippen molar-refractivity contribution in [1.29, 1.82) is 0 Å². The van der Waals surface area contributed by atoms with Crippen molar-refractivity contribution in [1.82, 2.24) is 10.2 Å². The van der Waals surface area contributed by atoms with Crippen molar-refractivity contribution < 1.29 is 9.59 Å². The highest BCUT2D eigenvalue weighted by molar-refractivity contribution is 7.99. The van der Waals surface area contributed by atoms with Gasteiger partial charge in [-0.05, 0) is 55.2 Å². The van der Waals surface area contributed by atoms with Crippen LogP contribution in [0.3, 0.4) is 0 Å². The van der Waals surface area contributed by atoms with E-state index in [-0.39, 0.29) is 24.4 Å².